The van der Waals surface area contributed by atoms with Crippen LogP contribution in [0.2, 0.25) is 0 Å². The number of allylic oxidation sites excluding steroid dienone is 6. The molecule has 0 heterocycles. The molecule has 0 unspecified atom stereocenters. The lowest BCUT2D eigenvalue weighted by Crippen LogP contribution is -2.37. The highest BCUT2D eigenvalue weighted by Gasteiger charge is 2.26. The number of unbranched alkanes of at least 4 members (excludes halogenated alkanes) is 4. The molecule has 0 spiro atoms. The Bertz CT molecular complexity index is 338. The van der Waals surface area contributed by atoms with Crippen molar-refractivity contribution in [3.63, 3.8) is 0 Å². The maximum atomic E-state index is 8.50. The maximum Gasteiger partial charge on any atom is 0.0901 e. The first-order chi connectivity index (χ1) is 12.7. The normalized spacial score (nSPS) is 12.4. The molecule has 4 N–H and O–H groups in total. The first kappa shape index (κ1) is 26.8. The molecule has 0 aliphatic rings. The van der Waals surface area contributed by atoms with Crippen LogP contribution >= 0.6 is 0 Å². The minimum atomic E-state index is -1.11. The summed E-state index contributed by atoms with van der Waals surface area (Å²) in [6, 6.07) is 0. The largest absolute Gasteiger partial charge is 0.473 e. The lowest BCUT2D eigenvalue weighted by molar-refractivity contribution is -0.0328. The van der Waals surface area contributed by atoms with Crippen molar-refractivity contribution >= 4 is 0 Å². The number of hydrogen-bond donors (Lipinski definition) is 4. The molecule has 0 bridgehead atoms. The van der Waals surface area contributed by atoms with E-state index in [2.05, 4.69) is 26.0 Å². The van der Waals surface area contributed by atoms with Crippen molar-refractivity contribution in [1.82, 2.24) is 0 Å². The van der Waals surface area contributed by atoms with Gasteiger partial charge in [-0.2, -0.15) is 0 Å². The Hall–Kier alpha value is -1.40. The van der Waals surface area contributed by atoms with Crippen LogP contribution in [0.15, 0.2) is 49.0 Å². The van der Waals surface area contributed by atoms with Gasteiger partial charge in [0.1, 0.15) is 0 Å². The van der Waals surface area contributed by atoms with Crippen LogP contribution in [-0.2, 0) is 4.74 Å². The maximum absolute atomic E-state index is 8.50. The Labute approximate surface area is 159 Å². The summed E-state index contributed by atoms with van der Waals surface area (Å²) in [7, 11) is 0. The second-order valence-corrected chi connectivity index (χ2v) is 6.07. The molecule has 5 heteroatoms. The van der Waals surface area contributed by atoms with Crippen molar-refractivity contribution in [2.24, 2.45) is 5.41 Å². The molecule has 0 radical (unpaired) electrons. The predicted molar refractivity (Wildman–Crippen MR) is 107 cm³/mol. The lowest BCUT2D eigenvalue weighted by Gasteiger charge is -2.23. The van der Waals surface area contributed by atoms with E-state index in [-0.39, 0.29) is 0 Å². The summed E-state index contributed by atoms with van der Waals surface area (Å²) in [6.07, 6.45) is 22.9. The molecule has 0 aromatic heterocycles. The zero-order valence-electron chi connectivity index (χ0n) is 16.4. The number of rotatable bonds is 14. The number of aliphatic hydroxyl groups is 4. The second-order valence-electron chi connectivity index (χ2n) is 6.07. The lowest BCUT2D eigenvalue weighted by atomic mass is 9.93. The summed E-state index contributed by atoms with van der Waals surface area (Å²) >= 11 is 0. The average molecular weight is 371 g/mol. The molecule has 0 saturated heterocycles. The van der Waals surface area contributed by atoms with E-state index in [1.165, 1.54) is 25.7 Å². The molecule has 0 amide bonds. The second kappa shape index (κ2) is 21.6. The Morgan fingerprint density at radius 1 is 0.654 bits per heavy atom. The first-order valence-corrected chi connectivity index (χ1v) is 9.38. The summed E-state index contributed by atoms with van der Waals surface area (Å²) < 4.78 is 5.18. The van der Waals surface area contributed by atoms with Gasteiger partial charge < -0.3 is 25.2 Å². The number of aliphatic hydroxyl groups excluding tert-OH is 4. The Balaban J connectivity index is 0. The van der Waals surface area contributed by atoms with Crippen LogP contribution in [0.3, 0.4) is 0 Å². The molecule has 0 fully saturated rings. The predicted octanol–water partition coefficient (Wildman–Crippen LogP) is 3.47. The Kier molecular flexibility index (Phi) is 22.3. The third-order valence-electron chi connectivity index (χ3n) is 3.60. The van der Waals surface area contributed by atoms with E-state index in [4.69, 9.17) is 25.2 Å². The van der Waals surface area contributed by atoms with Crippen LogP contribution in [0.4, 0.5) is 0 Å². The highest BCUT2D eigenvalue weighted by Crippen LogP contribution is 2.11. The Morgan fingerprint density at radius 2 is 1.04 bits per heavy atom. The number of hydrogen-bond acceptors (Lipinski definition) is 5. The van der Waals surface area contributed by atoms with Crippen LogP contribution in [0.25, 0.3) is 0 Å². The summed E-state index contributed by atoms with van der Waals surface area (Å²) in [5, 5.41) is 34.0. The standard InChI is InChI=1S/C16H26O.C5H12O4/c1-3-5-7-9-11-13-15-17-16-14-12-10-8-6-4-2;6-1-5(2-7,3-8)4-9/h9-16H,3-8H2,1-2H3;6-9H,1-4H2. The molecule has 0 aromatic carbocycles. The van der Waals surface area contributed by atoms with Crippen molar-refractivity contribution in [2.45, 2.75) is 52.4 Å². The monoisotopic (exact) mass is 370 g/mol. The smallest absolute Gasteiger partial charge is 0.0901 e. The molecule has 152 valence electrons. The molecular formula is C21H38O5. The van der Waals surface area contributed by atoms with Gasteiger partial charge in [0.05, 0.1) is 44.4 Å². The zero-order chi connectivity index (χ0) is 19.9. The van der Waals surface area contributed by atoms with Gasteiger partial charge in [-0.3, -0.25) is 0 Å². The van der Waals surface area contributed by atoms with Crippen LogP contribution in [0, 0.1) is 5.41 Å². The van der Waals surface area contributed by atoms with E-state index in [0.29, 0.717) is 0 Å². The molecule has 0 aromatic rings. The van der Waals surface area contributed by atoms with Gasteiger partial charge in [0.2, 0.25) is 0 Å². The van der Waals surface area contributed by atoms with Crippen molar-refractivity contribution in [3.05, 3.63) is 49.0 Å². The molecule has 0 saturated carbocycles. The van der Waals surface area contributed by atoms with E-state index in [9.17, 15) is 0 Å². The van der Waals surface area contributed by atoms with Gasteiger partial charge in [-0.25, -0.2) is 0 Å². The minimum Gasteiger partial charge on any atom is -0.473 e. The Morgan fingerprint density at radius 3 is 1.31 bits per heavy atom. The van der Waals surface area contributed by atoms with E-state index in [1.807, 2.05) is 24.3 Å². The third-order valence-corrected chi connectivity index (χ3v) is 3.60. The van der Waals surface area contributed by atoms with Gasteiger partial charge >= 0.3 is 0 Å². The molecule has 26 heavy (non-hydrogen) atoms. The van der Waals surface area contributed by atoms with Crippen LogP contribution in [0.5, 0.6) is 0 Å². The van der Waals surface area contributed by atoms with Gasteiger partial charge in [0.25, 0.3) is 0 Å². The fraction of sp³-hybridized carbons (Fsp3) is 0.619. The van der Waals surface area contributed by atoms with Crippen molar-refractivity contribution < 1.29 is 25.2 Å². The first-order valence-electron chi connectivity index (χ1n) is 9.38. The van der Waals surface area contributed by atoms with Gasteiger partial charge in [0, 0.05) is 0 Å². The molecule has 0 rings (SSSR count). The summed E-state index contributed by atoms with van der Waals surface area (Å²) in [6.45, 7) is 2.78. The SMILES string of the molecule is CCCCC=CC=COC=CC=CCCCC.OCC(CO)(CO)CO. The van der Waals surface area contributed by atoms with Crippen LogP contribution in [0.1, 0.15) is 52.4 Å². The van der Waals surface area contributed by atoms with E-state index in [0.717, 1.165) is 12.8 Å². The van der Waals surface area contributed by atoms with Gasteiger partial charge in [-0.15, -0.1) is 0 Å². The van der Waals surface area contributed by atoms with E-state index >= 15 is 0 Å². The van der Waals surface area contributed by atoms with Crippen molar-refractivity contribution in [2.75, 3.05) is 26.4 Å². The molecular weight excluding hydrogens is 332 g/mol. The quantitative estimate of drug-likeness (QED) is 0.214. The van der Waals surface area contributed by atoms with Gasteiger partial charge in [0.15, 0.2) is 0 Å². The minimum absolute atomic E-state index is 0.406. The average Bonchev–Trinajstić information content (AvgIpc) is 2.68. The highest BCUT2D eigenvalue weighted by molar-refractivity contribution is 5.02. The summed E-state index contributed by atoms with van der Waals surface area (Å²) in [5.74, 6) is 0. The topological polar surface area (TPSA) is 90.2 Å². The van der Waals surface area contributed by atoms with E-state index in [1.54, 1.807) is 12.5 Å². The summed E-state index contributed by atoms with van der Waals surface area (Å²) in [4.78, 5) is 0. The highest BCUT2D eigenvalue weighted by atomic mass is 16.5. The fourth-order valence-electron chi connectivity index (χ4n) is 1.52. The van der Waals surface area contributed by atoms with Gasteiger partial charge in [-0.05, 0) is 25.0 Å². The van der Waals surface area contributed by atoms with Gasteiger partial charge in [-0.1, -0.05) is 63.8 Å². The van der Waals surface area contributed by atoms with E-state index < -0.39 is 31.8 Å². The van der Waals surface area contributed by atoms with Crippen LogP contribution < -0.4 is 0 Å². The fourth-order valence-corrected chi connectivity index (χ4v) is 1.52. The number of ether oxygens (including phenoxy) is 1. The molecule has 0 atom stereocenters. The third kappa shape index (κ3) is 17.4. The van der Waals surface area contributed by atoms with Crippen molar-refractivity contribution in [1.29, 1.82) is 0 Å². The summed E-state index contributed by atoms with van der Waals surface area (Å²) in [5.41, 5.74) is -1.11. The zero-order valence-corrected chi connectivity index (χ0v) is 16.4. The molecule has 0 aliphatic heterocycles. The molecule has 0 aliphatic carbocycles. The van der Waals surface area contributed by atoms with Crippen molar-refractivity contribution in [3.8, 4) is 0 Å². The van der Waals surface area contributed by atoms with Crippen LogP contribution in [-0.4, -0.2) is 46.9 Å². The molecule has 5 nitrogen and oxygen atoms in total.